The van der Waals surface area contributed by atoms with Crippen LogP contribution >= 0.6 is 0 Å². The largest absolute Gasteiger partial charge is 0.493 e. The first-order chi connectivity index (χ1) is 9.63. The number of carbonyl (C=O) groups excluding carboxylic acids is 1. The summed E-state index contributed by atoms with van der Waals surface area (Å²) in [4.78, 5) is 14.8. The van der Waals surface area contributed by atoms with Crippen LogP contribution in [-0.2, 0) is 6.42 Å². The Kier molecular flexibility index (Phi) is 3.79. The van der Waals surface area contributed by atoms with Crippen LogP contribution < -0.4 is 4.74 Å². The summed E-state index contributed by atoms with van der Waals surface area (Å²) in [5.41, 5.74) is 2.00. The monoisotopic (exact) mass is 273 g/mol. The van der Waals surface area contributed by atoms with E-state index < -0.39 is 0 Å². The molecule has 0 radical (unpaired) electrons. The molecule has 3 rings (SSSR count). The average Bonchev–Trinajstić information content (AvgIpc) is 3.12. The first-order valence-corrected chi connectivity index (χ1v) is 7.66. The second kappa shape index (κ2) is 5.57. The van der Waals surface area contributed by atoms with Crippen LogP contribution in [0.15, 0.2) is 18.2 Å². The van der Waals surface area contributed by atoms with Crippen molar-refractivity contribution in [2.24, 2.45) is 5.92 Å². The summed E-state index contributed by atoms with van der Waals surface area (Å²) in [7, 11) is 0. The summed E-state index contributed by atoms with van der Waals surface area (Å²) in [5, 5.41) is 0. The molecule has 3 nitrogen and oxygen atoms in total. The minimum atomic E-state index is 0.231. The van der Waals surface area contributed by atoms with Gasteiger partial charge in [-0.25, -0.2) is 0 Å². The molecule has 1 aromatic carbocycles. The maximum atomic E-state index is 12.5. The highest BCUT2D eigenvalue weighted by atomic mass is 16.5. The Hall–Kier alpha value is -1.35. The van der Waals surface area contributed by atoms with E-state index in [1.807, 2.05) is 18.2 Å². The standard InChI is InChI=1S/C17H23NO2/c1-12(2)18(10-13-3-4-13)11-16(19)14-5-6-17-15(9-14)7-8-20-17/h5-6,9,12-13H,3-4,7-8,10-11H2,1-2H3. The molecule has 0 unspecified atom stereocenters. The zero-order valence-corrected chi connectivity index (χ0v) is 12.4. The van der Waals surface area contributed by atoms with Crippen molar-refractivity contribution < 1.29 is 9.53 Å². The fourth-order valence-corrected chi connectivity index (χ4v) is 2.73. The molecule has 1 fully saturated rings. The van der Waals surface area contributed by atoms with Crippen LogP contribution in [0.25, 0.3) is 0 Å². The van der Waals surface area contributed by atoms with Crippen molar-refractivity contribution in [1.82, 2.24) is 4.90 Å². The van der Waals surface area contributed by atoms with Gasteiger partial charge in [0.15, 0.2) is 5.78 Å². The molecule has 0 aromatic heterocycles. The van der Waals surface area contributed by atoms with Gasteiger partial charge in [-0.05, 0) is 56.4 Å². The Bertz CT molecular complexity index is 506. The highest BCUT2D eigenvalue weighted by molar-refractivity contribution is 5.98. The fraction of sp³-hybridized carbons (Fsp3) is 0.588. The molecule has 0 amide bonds. The van der Waals surface area contributed by atoms with Gasteiger partial charge in [0.05, 0.1) is 13.2 Å². The summed E-state index contributed by atoms with van der Waals surface area (Å²) >= 11 is 0. The van der Waals surface area contributed by atoms with E-state index in [0.29, 0.717) is 12.6 Å². The zero-order chi connectivity index (χ0) is 14.1. The van der Waals surface area contributed by atoms with E-state index in [0.717, 1.165) is 36.8 Å². The Balaban J connectivity index is 1.67. The van der Waals surface area contributed by atoms with Crippen LogP contribution in [0.5, 0.6) is 5.75 Å². The smallest absolute Gasteiger partial charge is 0.176 e. The molecule has 0 atom stereocenters. The lowest BCUT2D eigenvalue weighted by Crippen LogP contribution is -2.37. The maximum Gasteiger partial charge on any atom is 0.176 e. The third-order valence-corrected chi connectivity index (χ3v) is 4.28. The van der Waals surface area contributed by atoms with E-state index in [1.165, 1.54) is 18.4 Å². The van der Waals surface area contributed by atoms with Crippen molar-refractivity contribution >= 4 is 5.78 Å². The van der Waals surface area contributed by atoms with E-state index in [-0.39, 0.29) is 5.78 Å². The molecule has 1 saturated carbocycles. The highest BCUT2D eigenvalue weighted by Gasteiger charge is 2.27. The number of carbonyl (C=O) groups is 1. The van der Waals surface area contributed by atoms with Crippen molar-refractivity contribution in [2.45, 2.75) is 39.2 Å². The van der Waals surface area contributed by atoms with Crippen LogP contribution in [0, 0.1) is 5.92 Å². The Labute approximate surface area is 120 Å². The molecule has 1 aliphatic carbocycles. The molecule has 2 aliphatic rings. The molecule has 108 valence electrons. The number of benzene rings is 1. The summed E-state index contributed by atoms with van der Waals surface area (Å²) in [5.74, 6) is 1.99. The SMILES string of the molecule is CC(C)N(CC(=O)c1ccc2c(c1)CCO2)CC1CC1. The molecule has 0 spiro atoms. The molecule has 0 saturated heterocycles. The lowest BCUT2D eigenvalue weighted by Gasteiger charge is -2.25. The Morgan fingerprint density at radius 2 is 2.20 bits per heavy atom. The van der Waals surface area contributed by atoms with Gasteiger partial charge in [0.1, 0.15) is 5.75 Å². The van der Waals surface area contributed by atoms with Crippen LogP contribution in [0.1, 0.15) is 42.6 Å². The number of Topliss-reactive ketones (excluding diaryl/α,β-unsaturated/α-hetero) is 1. The van der Waals surface area contributed by atoms with E-state index >= 15 is 0 Å². The second-order valence-corrected chi connectivity index (χ2v) is 6.31. The molecule has 1 aliphatic heterocycles. The summed E-state index contributed by atoms with van der Waals surface area (Å²) in [6.45, 7) is 6.69. The number of ketones is 1. The van der Waals surface area contributed by atoms with E-state index in [1.54, 1.807) is 0 Å². The van der Waals surface area contributed by atoms with E-state index in [2.05, 4.69) is 18.7 Å². The molecule has 0 bridgehead atoms. The molecule has 20 heavy (non-hydrogen) atoms. The molecular weight excluding hydrogens is 250 g/mol. The number of rotatable bonds is 6. The molecule has 3 heteroatoms. The molecule has 0 N–H and O–H groups in total. The normalized spacial score (nSPS) is 17.4. The topological polar surface area (TPSA) is 29.5 Å². The van der Waals surface area contributed by atoms with Crippen LogP contribution in [0.2, 0.25) is 0 Å². The lowest BCUT2D eigenvalue weighted by atomic mass is 10.0. The van der Waals surface area contributed by atoms with Gasteiger partial charge in [0.2, 0.25) is 0 Å². The lowest BCUT2D eigenvalue weighted by molar-refractivity contribution is 0.0900. The number of ether oxygens (including phenoxy) is 1. The number of hydrogen-bond donors (Lipinski definition) is 0. The van der Waals surface area contributed by atoms with Crippen molar-refractivity contribution in [2.75, 3.05) is 19.7 Å². The number of hydrogen-bond acceptors (Lipinski definition) is 3. The zero-order valence-electron chi connectivity index (χ0n) is 12.4. The minimum Gasteiger partial charge on any atom is -0.493 e. The quantitative estimate of drug-likeness (QED) is 0.746. The van der Waals surface area contributed by atoms with Gasteiger partial charge in [-0.1, -0.05) is 0 Å². The first kappa shape index (κ1) is 13.6. The minimum absolute atomic E-state index is 0.231. The summed E-state index contributed by atoms with van der Waals surface area (Å²) in [6.07, 6.45) is 3.58. The van der Waals surface area contributed by atoms with Gasteiger partial charge < -0.3 is 4.74 Å². The highest BCUT2D eigenvalue weighted by Crippen LogP contribution is 2.30. The predicted octanol–water partition coefficient (Wildman–Crippen LogP) is 2.92. The Morgan fingerprint density at radius 1 is 1.40 bits per heavy atom. The van der Waals surface area contributed by atoms with Gasteiger partial charge in [-0.2, -0.15) is 0 Å². The summed E-state index contributed by atoms with van der Waals surface area (Å²) in [6, 6.07) is 6.29. The third-order valence-electron chi connectivity index (χ3n) is 4.28. The van der Waals surface area contributed by atoms with Crippen LogP contribution in [0.3, 0.4) is 0 Å². The summed E-state index contributed by atoms with van der Waals surface area (Å²) < 4.78 is 5.49. The number of nitrogens with zero attached hydrogens (tertiary/aromatic N) is 1. The van der Waals surface area contributed by atoms with Gasteiger partial charge in [-0.15, -0.1) is 0 Å². The van der Waals surface area contributed by atoms with Crippen molar-refractivity contribution in [3.05, 3.63) is 29.3 Å². The third kappa shape index (κ3) is 3.04. The predicted molar refractivity (Wildman–Crippen MR) is 79.4 cm³/mol. The van der Waals surface area contributed by atoms with Gasteiger partial charge in [0, 0.05) is 24.6 Å². The molecule has 1 aromatic rings. The van der Waals surface area contributed by atoms with Gasteiger partial charge in [0.25, 0.3) is 0 Å². The first-order valence-electron chi connectivity index (χ1n) is 7.66. The van der Waals surface area contributed by atoms with Gasteiger partial charge in [-0.3, -0.25) is 9.69 Å². The van der Waals surface area contributed by atoms with Crippen molar-refractivity contribution in [1.29, 1.82) is 0 Å². The van der Waals surface area contributed by atoms with E-state index in [9.17, 15) is 4.79 Å². The molecular formula is C17H23NO2. The molecule has 1 heterocycles. The number of fused-ring (bicyclic) bond motifs is 1. The van der Waals surface area contributed by atoms with Crippen LogP contribution in [-0.4, -0.2) is 36.4 Å². The fourth-order valence-electron chi connectivity index (χ4n) is 2.73. The average molecular weight is 273 g/mol. The van der Waals surface area contributed by atoms with Crippen LogP contribution in [0.4, 0.5) is 0 Å². The maximum absolute atomic E-state index is 12.5. The second-order valence-electron chi connectivity index (χ2n) is 6.31. The van der Waals surface area contributed by atoms with Gasteiger partial charge >= 0.3 is 0 Å². The van der Waals surface area contributed by atoms with Crippen molar-refractivity contribution in [3.8, 4) is 5.75 Å². The Morgan fingerprint density at radius 3 is 2.90 bits per heavy atom. The van der Waals surface area contributed by atoms with Crippen molar-refractivity contribution in [3.63, 3.8) is 0 Å². The van der Waals surface area contributed by atoms with E-state index in [4.69, 9.17) is 4.74 Å².